The molecule has 1 N–H and O–H groups in total. The Morgan fingerprint density at radius 1 is 1.37 bits per heavy atom. The van der Waals surface area contributed by atoms with Gasteiger partial charge < -0.3 is 5.11 Å². The number of benzene rings is 1. The van der Waals surface area contributed by atoms with E-state index < -0.39 is 5.97 Å². The molecule has 1 aliphatic carbocycles. The lowest BCUT2D eigenvalue weighted by molar-refractivity contribution is 0.0697. The van der Waals surface area contributed by atoms with Gasteiger partial charge in [0.05, 0.1) is 17.1 Å². The molecule has 1 heterocycles. The van der Waals surface area contributed by atoms with Crippen LogP contribution in [0.3, 0.4) is 0 Å². The molecule has 0 bridgehead atoms. The summed E-state index contributed by atoms with van der Waals surface area (Å²) in [6, 6.07) is 5.30. The molecule has 1 fully saturated rings. The van der Waals surface area contributed by atoms with Gasteiger partial charge in [-0.25, -0.2) is 9.48 Å². The van der Waals surface area contributed by atoms with E-state index in [2.05, 4.69) is 24.2 Å². The molecular weight excluding hydrogens is 242 g/mol. The summed E-state index contributed by atoms with van der Waals surface area (Å²) in [7, 11) is 0. The lowest BCUT2D eigenvalue weighted by atomic mass is 9.98. The number of fused-ring (bicyclic) bond motifs is 1. The molecule has 1 aromatic heterocycles. The molecule has 2 aromatic rings. The van der Waals surface area contributed by atoms with Gasteiger partial charge in [-0.05, 0) is 42.9 Å². The van der Waals surface area contributed by atoms with Gasteiger partial charge in [0.1, 0.15) is 5.52 Å². The second-order valence-corrected chi connectivity index (χ2v) is 5.52. The Balaban J connectivity index is 2.09. The molecule has 1 saturated carbocycles. The number of hydrogen-bond donors (Lipinski definition) is 1. The van der Waals surface area contributed by atoms with Crippen LogP contribution in [0.15, 0.2) is 18.2 Å². The van der Waals surface area contributed by atoms with Gasteiger partial charge in [-0.1, -0.05) is 19.1 Å². The number of carboxylic acid groups (broad SMARTS) is 1. The maximum absolute atomic E-state index is 11.1. The molecule has 0 spiro atoms. The first kappa shape index (κ1) is 12.1. The summed E-state index contributed by atoms with van der Waals surface area (Å²) in [6.07, 6.45) is 2.27. The van der Waals surface area contributed by atoms with Crippen molar-refractivity contribution in [1.29, 1.82) is 0 Å². The van der Waals surface area contributed by atoms with Crippen molar-refractivity contribution < 1.29 is 9.90 Å². The molecule has 0 aliphatic heterocycles. The van der Waals surface area contributed by atoms with Gasteiger partial charge in [0.2, 0.25) is 0 Å². The van der Waals surface area contributed by atoms with Crippen LogP contribution >= 0.6 is 0 Å². The zero-order chi connectivity index (χ0) is 13.6. The summed E-state index contributed by atoms with van der Waals surface area (Å²) >= 11 is 0. The predicted octanol–water partition coefficient (Wildman–Crippen LogP) is 2.74. The van der Waals surface area contributed by atoms with Crippen molar-refractivity contribution in [3.63, 3.8) is 0 Å². The molecule has 0 saturated heterocycles. The fourth-order valence-corrected chi connectivity index (χ4v) is 3.00. The van der Waals surface area contributed by atoms with E-state index in [9.17, 15) is 4.79 Å². The highest BCUT2D eigenvalue weighted by Gasteiger charge is 2.32. The van der Waals surface area contributed by atoms with Crippen molar-refractivity contribution in [3.05, 3.63) is 23.8 Å². The highest BCUT2D eigenvalue weighted by Crippen LogP contribution is 2.40. The van der Waals surface area contributed by atoms with Gasteiger partial charge in [0.25, 0.3) is 0 Å². The fourth-order valence-electron chi connectivity index (χ4n) is 3.00. The van der Waals surface area contributed by atoms with Crippen LogP contribution in [-0.2, 0) is 0 Å². The van der Waals surface area contributed by atoms with Crippen molar-refractivity contribution in [3.8, 4) is 0 Å². The smallest absolute Gasteiger partial charge is 0.335 e. The molecule has 3 rings (SSSR count). The third-order valence-electron chi connectivity index (χ3n) is 4.45. The predicted molar refractivity (Wildman–Crippen MR) is 71.1 cm³/mol. The van der Waals surface area contributed by atoms with Gasteiger partial charge in [0.15, 0.2) is 0 Å². The van der Waals surface area contributed by atoms with E-state index >= 15 is 0 Å². The first-order chi connectivity index (χ1) is 9.08. The van der Waals surface area contributed by atoms with Crippen LogP contribution < -0.4 is 0 Å². The van der Waals surface area contributed by atoms with E-state index in [0.29, 0.717) is 17.9 Å². The third-order valence-corrected chi connectivity index (χ3v) is 4.45. The number of carboxylic acids is 1. The van der Waals surface area contributed by atoms with E-state index in [0.717, 1.165) is 17.5 Å². The molecule has 5 heteroatoms. The third kappa shape index (κ3) is 1.89. The zero-order valence-corrected chi connectivity index (χ0v) is 11.1. The van der Waals surface area contributed by atoms with Crippen molar-refractivity contribution in [1.82, 2.24) is 15.0 Å². The molecule has 3 unspecified atom stereocenters. The van der Waals surface area contributed by atoms with Crippen molar-refractivity contribution in [2.24, 2.45) is 11.8 Å². The number of aromatic carboxylic acids is 1. The zero-order valence-electron chi connectivity index (χ0n) is 11.1. The number of nitrogens with zero attached hydrogens (tertiary/aromatic N) is 3. The van der Waals surface area contributed by atoms with Crippen LogP contribution in [0, 0.1) is 11.8 Å². The quantitative estimate of drug-likeness (QED) is 0.900. The molecule has 1 aromatic carbocycles. The van der Waals surface area contributed by atoms with Gasteiger partial charge in [-0.2, -0.15) is 0 Å². The lowest BCUT2D eigenvalue weighted by Gasteiger charge is -2.18. The minimum absolute atomic E-state index is 0.287. The standard InChI is InChI=1S/C14H17N3O2/c1-8-3-6-12(9(8)2)17-13-7-10(14(18)19)4-5-11(13)15-16-17/h4-5,7-9,12H,3,6H2,1-2H3,(H,18,19). The lowest BCUT2D eigenvalue weighted by Crippen LogP contribution is -2.16. The fraction of sp³-hybridized carbons (Fsp3) is 0.500. The molecule has 19 heavy (non-hydrogen) atoms. The van der Waals surface area contributed by atoms with Gasteiger partial charge in [0, 0.05) is 0 Å². The van der Waals surface area contributed by atoms with Crippen LogP contribution in [0.1, 0.15) is 43.1 Å². The first-order valence-corrected chi connectivity index (χ1v) is 6.66. The largest absolute Gasteiger partial charge is 0.478 e. The Bertz CT molecular complexity index is 635. The minimum Gasteiger partial charge on any atom is -0.478 e. The molecule has 1 aliphatic rings. The number of hydrogen-bond acceptors (Lipinski definition) is 3. The van der Waals surface area contributed by atoms with Crippen LogP contribution in [0.2, 0.25) is 0 Å². The number of rotatable bonds is 2. The monoisotopic (exact) mass is 259 g/mol. The Morgan fingerprint density at radius 3 is 2.79 bits per heavy atom. The van der Waals surface area contributed by atoms with Gasteiger partial charge >= 0.3 is 5.97 Å². The van der Waals surface area contributed by atoms with Crippen LogP contribution in [0.5, 0.6) is 0 Å². The second kappa shape index (κ2) is 4.33. The van der Waals surface area contributed by atoms with Crippen LogP contribution in [-0.4, -0.2) is 26.1 Å². The second-order valence-electron chi connectivity index (χ2n) is 5.52. The SMILES string of the molecule is CC1CCC(n2nnc3ccc(C(=O)O)cc32)C1C. The van der Waals surface area contributed by atoms with Crippen molar-refractivity contribution >= 4 is 17.0 Å². The molecule has 0 radical (unpaired) electrons. The summed E-state index contributed by atoms with van der Waals surface area (Å²) in [5.74, 6) is 0.299. The summed E-state index contributed by atoms with van der Waals surface area (Å²) in [6.45, 7) is 4.49. The van der Waals surface area contributed by atoms with E-state index in [1.54, 1.807) is 18.2 Å². The van der Waals surface area contributed by atoms with Crippen molar-refractivity contribution in [2.75, 3.05) is 0 Å². The van der Waals surface area contributed by atoms with Crippen LogP contribution in [0.4, 0.5) is 0 Å². The molecule has 5 nitrogen and oxygen atoms in total. The van der Waals surface area contributed by atoms with Gasteiger partial charge in [-0.15, -0.1) is 5.10 Å². The van der Waals surface area contributed by atoms with E-state index in [1.165, 1.54) is 6.42 Å². The molecular formula is C14H17N3O2. The summed E-state index contributed by atoms with van der Waals surface area (Å²) < 4.78 is 1.91. The van der Waals surface area contributed by atoms with Crippen LogP contribution in [0.25, 0.3) is 11.0 Å². The number of aromatic nitrogens is 3. The summed E-state index contributed by atoms with van der Waals surface area (Å²) in [5, 5.41) is 17.5. The van der Waals surface area contributed by atoms with Gasteiger partial charge in [-0.3, -0.25) is 0 Å². The Labute approximate surface area is 111 Å². The Morgan fingerprint density at radius 2 is 2.16 bits per heavy atom. The average Bonchev–Trinajstić information content (AvgIpc) is 2.94. The Kier molecular flexibility index (Phi) is 2.77. The minimum atomic E-state index is -0.914. The summed E-state index contributed by atoms with van der Waals surface area (Å²) in [5.41, 5.74) is 1.87. The topological polar surface area (TPSA) is 68.0 Å². The van der Waals surface area contributed by atoms with Crippen molar-refractivity contribution in [2.45, 2.75) is 32.7 Å². The normalized spacial score (nSPS) is 26.9. The summed E-state index contributed by atoms with van der Waals surface area (Å²) in [4.78, 5) is 11.1. The maximum atomic E-state index is 11.1. The van der Waals surface area contributed by atoms with E-state index in [1.807, 2.05) is 4.68 Å². The van der Waals surface area contributed by atoms with E-state index in [-0.39, 0.29) is 5.56 Å². The van der Waals surface area contributed by atoms with E-state index in [4.69, 9.17) is 5.11 Å². The maximum Gasteiger partial charge on any atom is 0.335 e. The highest BCUT2D eigenvalue weighted by molar-refractivity contribution is 5.92. The molecule has 0 amide bonds. The first-order valence-electron chi connectivity index (χ1n) is 6.66. The average molecular weight is 259 g/mol. The Hall–Kier alpha value is -1.91. The highest BCUT2D eigenvalue weighted by atomic mass is 16.4. The number of carbonyl (C=O) groups is 1. The molecule has 100 valence electrons. The molecule has 3 atom stereocenters.